The van der Waals surface area contributed by atoms with Crippen molar-refractivity contribution in [1.29, 1.82) is 26.3 Å². The normalized spacial score (nSPS) is 9.07. The molecule has 0 fully saturated rings. The fraction of sp³-hybridized carbons (Fsp3) is 0. The van der Waals surface area contributed by atoms with Crippen LogP contribution in [0.2, 0.25) is 0 Å². The monoisotopic (exact) mass is 257 g/mol. The lowest BCUT2D eigenvalue weighted by molar-refractivity contribution is 1.38. The molecule has 0 aliphatic rings. The third kappa shape index (κ3) is 2.68. The van der Waals surface area contributed by atoms with Crippen LogP contribution in [0.25, 0.3) is 0 Å². The Morgan fingerprint density at radius 1 is 0.667 bits per heavy atom. The molecule has 6 heteroatoms. The molecule has 0 aromatic carbocycles. The molecule has 0 rings (SSSR count). The summed E-state index contributed by atoms with van der Waals surface area (Å²) in [7, 11) is 0. The maximum Gasteiger partial charge on any atom is 0.148 e. The molecular formula is C9BrN5. The largest absolute Gasteiger partial charge is 0.192 e. The van der Waals surface area contributed by atoms with E-state index in [4.69, 9.17) is 26.3 Å². The van der Waals surface area contributed by atoms with E-state index in [1.54, 1.807) is 18.2 Å². The van der Waals surface area contributed by atoms with E-state index < -0.39 is 11.1 Å². The molecule has 0 spiro atoms. The zero-order valence-electron chi connectivity index (χ0n) is 7.11. The van der Waals surface area contributed by atoms with Crippen LogP contribution in [-0.4, -0.2) is 0 Å². The molecule has 0 atom stereocenters. The van der Waals surface area contributed by atoms with Gasteiger partial charge < -0.3 is 0 Å². The van der Waals surface area contributed by atoms with E-state index in [1.165, 1.54) is 12.1 Å². The van der Waals surface area contributed by atoms with Gasteiger partial charge >= 0.3 is 0 Å². The molecule has 0 radical (unpaired) electrons. The van der Waals surface area contributed by atoms with Crippen LogP contribution >= 0.6 is 15.9 Å². The summed E-state index contributed by atoms with van der Waals surface area (Å²) in [5.41, 5.74) is -1.23. The van der Waals surface area contributed by atoms with Crippen LogP contribution in [0.15, 0.2) is 21.2 Å². The second-order valence-corrected chi connectivity index (χ2v) is 2.79. The van der Waals surface area contributed by atoms with Crippen LogP contribution in [0, 0.1) is 56.7 Å². The average molecular weight is 258 g/mol. The molecule has 15 heavy (non-hydrogen) atoms. The smallest absolute Gasteiger partial charge is 0.148 e. The molecule has 0 N–H and O–H groups in total. The molecule has 0 aromatic heterocycles. The molecule has 0 aromatic rings. The Morgan fingerprint density at radius 2 is 1.13 bits per heavy atom. The predicted molar refractivity (Wildman–Crippen MR) is 51.0 cm³/mol. The van der Waals surface area contributed by atoms with Crippen LogP contribution in [0.3, 0.4) is 0 Å². The second kappa shape index (κ2) is 5.95. The molecule has 0 heterocycles. The highest BCUT2D eigenvalue weighted by atomic mass is 79.9. The van der Waals surface area contributed by atoms with Gasteiger partial charge in [0.15, 0.2) is 0 Å². The fourth-order valence-electron chi connectivity index (χ4n) is 0.644. The first-order valence-corrected chi connectivity index (χ1v) is 4.10. The van der Waals surface area contributed by atoms with Crippen molar-refractivity contribution in [2.45, 2.75) is 0 Å². The minimum absolute atomic E-state index is 0.190. The Kier molecular flexibility index (Phi) is 4.93. The fourth-order valence-corrected chi connectivity index (χ4v) is 0.931. The third-order valence-corrected chi connectivity index (χ3v) is 1.84. The van der Waals surface area contributed by atoms with Crippen LogP contribution in [0.1, 0.15) is 0 Å². The van der Waals surface area contributed by atoms with Crippen LogP contribution in [0.4, 0.5) is 0 Å². The van der Waals surface area contributed by atoms with Gasteiger partial charge in [-0.25, -0.2) is 0 Å². The van der Waals surface area contributed by atoms with E-state index in [1.807, 2.05) is 0 Å². The topological polar surface area (TPSA) is 119 Å². The van der Waals surface area contributed by atoms with Gasteiger partial charge in [0, 0.05) is 0 Å². The van der Waals surface area contributed by atoms with E-state index in [-0.39, 0.29) is 10.1 Å². The highest BCUT2D eigenvalue weighted by Crippen LogP contribution is 2.20. The maximum atomic E-state index is 8.68. The minimum atomic E-state index is -0.499. The predicted octanol–water partition coefficient (Wildman–Crippen LogP) is 1.55. The molecule has 0 saturated carbocycles. The number of nitrogens with zero attached hydrogens (tertiary/aromatic N) is 5. The standard InChI is InChI=1S/C9BrN5/c10-9(5-15)8(4-14)7(3-13)6(1-11)2-12/b9-8-. The van der Waals surface area contributed by atoms with Crippen molar-refractivity contribution >= 4 is 15.9 Å². The van der Waals surface area contributed by atoms with Gasteiger partial charge in [-0.1, -0.05) is 0 Å². The van der Waals surface area contributed by atoms with Crippen molar-refractivity contribution in [2.24, 2.45) is 0 Å². The number of allylic oxidation sites excluding steroid dienone is 4. The van der Waals surface area contributed by atoms with Gasteiger partial charge in [0.05, 0.1) is 5.57 Å². The van der Waals surface area contributed by atoms with E-state index >= 15 is 0 Å². The van der Waals surface area contributed by atoms with Gasteiger partial charge in [0.1, 0.15) is 46.0 Å². The van der Waals surface area contributed by atoms with Gasteiger partial charge in [-0.15, -0.1) is 0 Å². The second-order valence-electron chi connectivity index (χ2n) is 2.00. The average Bonchev–Trinajstić information content (AvgIpc) is 2.28. The van der Waals surface area contributed by atoms with Crippen molar-refractivity contribution < 1.29 is 0 Å². The van der Waals surface area contributed by atoms with Gasteiger partial charge in [0.25, 0.3) is 0 Å². The zero-order valence-corrected chi connectivity index (χ0v) is 8.70. The lowest BCUT2D eigenvalue weighted by Gasteiger charge is -1.94. The van der Waals surface area contributed by atoms with Crippen molar-refractivity contribution in [3.63, 3.8) is 0 Å². The molecule has 0 unspecified atom stereocenters. The summed E-state index contributed by atoms with van der Waals surface area (Å²) in [6.07, 6.45) is 0. The Hall–Kier alpha value is -2.59. The van der Waals surface area contributed by atoms with Crippen LogP contribution < -0.4 is 0 Å². The van der Waals surface area contributed by atoms with Gasteiger partial charge in [-0.2, -0.15) is 26.3 Å². The third-order valence-electron chi connectivity index (χ3n) is 1.26. The number of rotatable bonds is 1. The maximum absolute atomic E-state index is 8.68. The molecule has 0 saturated heterocycles. The number of nitriles is 5. The highest BCUT2D eigenvalue weighted by molar-refractivity contribution is 9.12. The van der Waals surface area contributed by atoms with E-state index in [2.05, 4.69) is 15.9 Å². The summed E-state index contributed by atoms with van der Waals surface area (Å²) in [6, 6.07) is 7.68. The van der Waals surface area contributed by atoms with Crippen molar-refractivity contribution in [2.75, 3.05) is 0 Å². The first kappa shape index (κ1) is 12.4. The lowest BCUT2D eigenvalue weighted by Crippen LogP contribution is -1.91. The molecular weight excluding hydrogens is 258 g/mol. The Bertz CT molecular complexity index is 532. The van der Waals surface area contributed by atoms with Gasteiger partial charge in [0.2, 0.25) is 0 Å². The van der Waals surface area contributed by atoms with Crippen molar-refractivity contribution in [3.05, 3.63) is 21.2 Å². The van der Waals surface area contributed by atoms with Crippen molar-refractivity contribution in [1.82, 2.24) is 0 Å². The molecule has 0 bridgehead atoms. The first-order chi connectivity index (χ1) is 7.15. The van der Waals surface area contributed by atoms with Gasteiger partial charge in [-0.3, -0.25) is 0 Å². The summed E-state index contributed by atoms with van der Waals surface area (Å²) in [5.74, 6) is 0. The Balaban J connectivity index is 6.07. The number of halogens is 1. The SMILES string of the molecule is N#CC(C#N)=C(C#N)/C(C#N)=C(\Br)C#N. The molecule has 0 aliphatic heterocycles. The van der Waals surface area contributed by atoms with Gasteiger partial charge in [-0.05, 0) is 15.9 Å². The molecule has 68 valence electrons. The molecule has 0 amide bonds. The number of hydrogen-bond donors (Lipinski definition) is 0. The zero-order chi connectivity index (χ0) is 11.8. The first-order valence-electron chi connectivity index (χ1n) is 3.31. The van der Waals surface area contributed by atoms with Crippen molar-refractivity contribution in [3.8, 4) is 30.3 Å². The summed E-state index contributed by atoms with van der Waals surface area (Å²) >= 11 is 2.76. The quantitative estimate of drug-likeness (QED) is 0.521. The lowest BCUT2D eigenvalue weighted by atomic mass is 10.0. The Morgan fingerprint density at radius 3 is 1.40 bits per heavy atom. The van der Waals surface area contributed by atoms with Crippen LogP contribution in [-0.2, 0) is 0 Å². The minimum Gasteiger partial charge on any atom is -0.192 e. The summed E-state index contributed by atoms with van der Waals surface area (Å²) < 4.78 is -0.190. The van der Waals surface area contributed by atoms with E-state index in [0.717, 1.165) is 0 Å². The summed E-state index contributed by atoms with van der Waals surface area (Å²) in [6.45, 7) is 0. The highest BCUT2D eigenvalue weighted by Gasteiger charge is 2.15. The molecule has 5 nitrogen and oxygen atoms in total. The molecule has 0 aliphatic carbocycles. The van der Waals surface area contributed by atoms with Crippen LogP contribution in [0.5, 0.6) is 0 Å². The van der Waals surface area contributed by atoms with E-state index in [0.29, 0.717) is 0 Å². The Labute approximate surface area is 94.1 Å². The summed E-state index contributed by atoms with van der Waals surface area (Å²) in [4.78, 5) is 0. The number of hydrogen-bond acceptors (Lipinski definition) is 5. The van der Waals surface area contributed by atoms with E-state index in [9.17, 15) is 0 Å². The summed E-state index contributed by atoms with van der Waals surface area (Å²) in [5, 5.41) is 42.9.